The number of nitrogens with one attached hydrogen (secondary N) is 5. The second kappa shape index (κ2) is 41.0. The van der Waals surface area contributed by atoms with Crippen LogP contribution in [0, 0.1) is 56.2 Å². The van der Waals surface area contributed by atoms with E-state index in [0.717, 1.165) is 160 Å². The van der Waals surface area contributed by atoms with Crippen LogP contribution in [0.1, 0.15) is 258 Å². The molecule has 0 radical (unpaired) electrons. The van der Waals surface area contributed by atoms with Crippen LogP contribution in [0.2, 0.25) is 0 Å². The number of rotatable bonds is 24. The molecule has 116 heavy (non-hydrogen) atoms. The van der Waals surface area contributed by atoms with E-state index in [0.29, 0.717) is 51.2 Å². The second-order valence-electron chi connectivity index (χ2n) is 37.6. The molecular formula is C86H139N11O19. The molecule has 6 saturated heterocycles. The first-order chi connectivity index (χ1) is 54.4. The zero-order valence-corrected chi connectivity index (χ0v) is 72.1. The summed E-state index contributed by atoms with van der Waals surface area (Å²) in [6, 6.07) is -0.808. The summed E-state index contributed by atoms with van der Waals surface area (Å²) < 4.78 is 0. The van der Waals surface area contributed by atoms with Crippen molar-refractivity contribution in [2.45, 2.75) is 306 Å². The maximum absolute atomic E-state index is 12.5. The molecule has 6 aliphatic heterocycles. The Balaban J connectivity index is 0.000000193. The summed E-state index contributed by atoms with van der Waals surface area (Å²) in [5, 5.41) is 43.2. The molecule has 6 aliphatic carbocycles. The van der Waals surface area contributed by atoms with Crippen LogP contribution in [0.4, 0.5) is 0 Å². The van der Waals surface area contributed by atoms with E-state index < -0.39 is 18.1 Å². The average molecular weight is 1630 g/mol. The molecule has 6 spiro atoms. The molecule has 12 fully saturated rings. The third kappa shape index (κ3) is 23.3. The summed E-state index contributed by atoms with van der Waals surface area (Å²) in [6.07, 6.45) is 21.1. The van der Waals surface area contributed by atoms with Crippen molar-refractivity contribution in [2.75, 3.05) is 85.3 Å². The number of hydrogen-bond acceptors (Lipinski definition) is 20. The van der Waals surface area contributed by atoms with Gasteiger partial charge in [0.15, 0.2) is 17.3 Å². The topological polar surface area (TPSA) is 413 Å². The van der Waals surface area contributed by atoms with Crippen LogP contribution in [-0.2, 0) is 76.7 Å². The first-order valence-corrected chi connectivity index (χ1v) is 42.9. The number of β-lactam (4-membered cyclic amide) rings is 6. The van der Waals surface area contributed by atoms with Crippen molar-refractivity contribution in [3.63, 3.8) is 0 Å². The Morgan fingerprint density at radius 1 is 0.336 bits per heavy atom. The SMILES string of the molecule is CC(=O)C(CO)N1CC2(CCC(NC(=O)C(C)C)CC2)C1=O.CC(=O)C(CO)N1CC2(CCC(NCC(C)C)CC2)C1=O.CC(=O)CN1CC2(CCC(C)CC2)C1=O.CC(=O)CN1CC2(CCC(NC(=O)C(C)C)CC2)C1=O.CC(=O)CN1CC2(CCC(NC(C)=O)CC2)C1=O.CC(=O)NC1CCC2(CC1)CN(C(CO)C(C)=O)C2=O. The Hall–Kier alpha value is -7.44. The third-order valence-electron chi connectivity index (χ3n) is 26.9. The highest BCUT2D eigenvalue weighted by molar-refractivity contribution is 5.98. The van der Waals surface area contributed by atoms with Crippen molar-refractivity contribution >= 4 is 93.8 Å². The predicted octanol–water partition coefficient (Wildman–Crippen LogP) is 4.49. The monoisotopic (exact) mass is 1630 g/mol. The van der Waals surface area contributed by atoms with E-state index in [9.17, 15) is 92.0 Å². The van der Waals surface area contributed by atoms with Gasteiger partial charge in [0.2, 0.25) is 59.1 Å². The van der Waals surface area contributed by atoms with Crippen LogP contribution in [0.5, 0.6) is 0 Å². The van der Waals surface area contributed by atoms with Crippen molar-refractivity contribution in [1.29, 1.82) is 0 Å². The zero-order chi connectivity index (χ0) is 86.3. The lowest BCUT2D eigenvalue weighted by Crippen LogP contribution is -2.67. The van der Waals surface area contributed by atoms with Gasteiger partial charge in [-0.15, -0.1) is 0 Å². The highest BCUT2D eigenvalue weighted by atomic mass is 16.3. The van der Waals surface area contributed by atoms with E-state index in [-0.39, 0.29) is 195 Å². The molecule has 6 saturated carbocycles. The number of hydrogen-bond donors (Lipinski definition) is 8. The predicted molar refractivity (Wildman–Crippen MR) is 432 cm³/mol. The van der Waals surface area contributed by atoms with E-state index in [1.807, 2.05) is 27.7 Å². The van der Waals surface area contributed by atoms with Crippen molar-refractivity contribution in [3.8, 4) is 0 Å². The van der Waals surface area contributed by atoms with Gasteiger partial charge in [0, 0.05) is 95.2 Å². The van der Waals surface area contributed by atoms with Crippen molar-refractivity contribution in [1.82, 2.24) is 56.0 Å². The van der Waals surface area contributed by atoms with Crippen LogP contribution in [0.25, 0.3) is 0 Å². The maximum Gasteiger partial charge on any atom is 0.231 e. The zero-order valence-electron chi connectivity index (χ0n) is 72.1. The normalized spacial score (nSPS) is 30.9. The van der Waals surface area contributed by atoms with Crippen molar-refractivity contribution in [3.05, 3.63) is 0 Å². The molecule has 0 aromatic heterocycles. The van der Waals surface area contributed by atoms with Gasteiger partial charge in [-0.2, -0.15) is 0 Å². The van der Waals surface area contributed by atoms with E-state index in [1.54, 1.807) is 26.5 Å². The number of likely N-dealkylation sites (tertiary alicyclic amines) is 6. The Morgan fingerprint density at radius 3 is 0.750 bits per heavy atom. The van der Waals surface area contributed by atoms with Crippen LogP contribution in [0.3, 0.4) is 0 Å². The maximum atomic E-state index is 12.5. The largest absolute Gasteiger partial charge is 0.394 e. The third-order valence-corrected chi connectivity index (χ3v) is 26.9. The fraction of sp³-hybridized carbons (Fsp3) is 0.814. The van der Waals surface area contributed by atoms with Gasteiger partial charge in [0.1, 0.15) is 35.5 Å². The fourth-order valence-corrected chi connectivity index (χ4v) is 19.5. The Bertz CT molecular complexity index is 3570. The summed E-state index contributed by atoms with van der Waals surface area (Å²) in [4.78, 5) is 196. The van der Waals surface area contributed by atoms with Gasteiger partial charge in [-0.05, 0) is 214 Å². The van der Waals surface area contributed by atoms with E-state index in [1.165, 1.54) is 71.1 Å². The van der Waals surface area contributed by atoms with Gasteiger partial charge >= 0.3 is 0 Å². The molecule has 30 heteroatoms. The summed E-state index contributed by atoms with van der Waals surface area (Å²) in [5.41, 5.74) is -1.53. The lowest BCUT2D eigenvalue weighted by molar-refractivity contribution is -0.172. The lowest BCUT2D eigenvalue weighted by Gasteiger charge is -2.54. The van der Waals surface area contributed by atoms with Crippen molar-refractivity contribution < 1.29 is 92.0 Å². The molecule has 0 bridgehead atoms. The lowest BCUT2D eigenvalue weighted by atomic mass is 9.65. The van der Waals surface area contributed by atoms with E-state index in [4.69, 9.17) is 0 Å². The highest BCUT2D eigenvalue weighted by Gasteiger charge is 2.60. The Morgan fingerprint density at radius 2 is 0.560 bits per heavy atom. The fourth-order valence-electron chi connectivity index (χ4n) is 19.5. The quantitative estimate of drug-likeness (QED) is 0.0617. The minimum Gasteiger partial charge on any atom is -0.394 e. The molecule has 12 aliphatic rings. The second-order valence-corrected chi connectivity index (χ2v) is 37.6. The summed E-state index contributed by atoms with van der Waals surface area (Å²) >= 11 is 0. The van der Waals surface area contributed by atoms with Gasteiger partial charge in [-0.1, -0.05) is 48.5 Å². The molecular weight excluding hydrogens is 1490 g/mol. The number of Topliss-reactive ketones (excluding diaryl/α,β-unsaturated/α-hetero) is 6. The number of aliphatic hydroxyl groups is 3. The van der Waals surface area contributed by atoms with Gasteiger partial charge in [-0.25, -0.2) is 0 Å². The number of aliphatic hydroxyl groups excluding tert-OH is 3. The smallest absolute Gasteiger partial charge is 0.231 e. The van der Waals surface area contributed by atoms with Gasteiger partial charge in [0.25, 0.3) is 0 Å². The number of nitrogens with zero attached hydrogens (tertiary/aromatic N) is 6. The molecule has 10 amide bonds. The van der Waals surface area contributed by atoms with Gasteiger partial charge in [-0.3, -0.25) is 76.7 Å². The molecule has 0 aromatic rings. The first kappa shape index (κ1) is 95.7. The molecule has 8 N–H and O–H groups in total. The van der Waals surface area contributed by atoms with E-state index in [2.05, 4.69) is 47.4 Å². The van der Waals surface area contributed by atoms with Crippen molar-refractivity contribution in [2.24, 2.45) is 56.2 Å². The van der Waals surface area contributed by atoms with Crippen LogP contribution < -0.4 is 26.6 Å². The molecule has 3 unspecified atom stereocenters. The minimum absolute atomic E-state index is 0.00211. The first-order valence-electron chi connectivity index (χ1n) is 42.9. The Kier molecular flexibility index (Phi) is 33.8. The molecule has 0 aromatic carbocycles. The minimum atomic E-state index is -0.698. The molecule has 6 heterocycles. The number of carbonyl (C=O) groups is 16. The molecule has 12 rings (SSSR count). The summed E-state index contributed by atoms with van der Waals surface area (Å²) in [6.45, 7) is 30.8. The molecule has 30 nitrogen and oxygen atoms in total. The van der Waals surface area contributed by atoms with Crippen LogP contribution in [-0.4, -0.2) is 272 Å². The van der Waals surface area contributed by atoms with Crippen LogP contribution in [0.15, 0.2) is 0 Å². The molecule has 3 atom stereocenters. The van der Waals surface area contributed by atoms with E-state index >= 15 is 0 Å². The number of carbonyl (C=O) groups excluding carboxylic acids is 16. The Labute approximate surface area is 686 Å². The summed E-state index contributed by atoms with van der Waals surface area (Å²) in [7, 11) is 0. The number of amides is 10. The standard InChI is InChI=1S/C16H26N2O4.C16H28N2O3.C15H24N2O3.C14H22N2O4.C13H20N2O3.C12H19NO2/c1-10(2)14(21)17-12-4-6-16(7-5-12)9-18(15(16)22)13(8-19)11(3)20;1-11(2)8-17-13-4-6-16(7-5-13)10-18(15(16)21)14(9-19)12(3)20;1-10(2)13(19)16-12-4-6-15(7-5-12)9-17(14(15)20)8-11(3)18;1-9(18)12(7-17)16-8-14(13(16)20)5-3-11(4-6-14)15-10(2)19;1-9(16)7-15-8-13(12(15)18)5-3-11(4-6-13)14-10(2)17;1-9-3-5-12(6-4-9)8-13(11(12)15)7-10(2)14/h10,12-13,19H,4-9H2,1-3H3,(H,17,21);11,13-14,17,19H,4-10H2,1-3H3;10,12H,4-9H2,1-3H3,(H,16,19);11-12,17H,3-8H2,1-2H3,(H,15,19);11H,3-8H2,1-2H3,(H,14,17);9H,3-8H2,1-2H3. The molecule has 652 valence electrons. The summed E-state index contributed by atoms with van der Waals surface area (Å²) in [5.74, 6) is 1.65. The average Bonchev–Trinajstić information content (AvgIpc) is 0.765. The van der Waals surface area contributed by atoms with Crippen LogP contribution >= 0.6 is 0 Å². The van der Waals surface area contributed by atoms with Gasteiger partial charge in [0.05, 0.1) is 71.9 Å². The highest BCUT2D eigenvalue weighted by Crippen LogP contribution is 2.51. The number of ketones is 6. The van der Waals surface area contributed by atoms with Gasteiger partial charge < -0.3 is 71.3 Å².